The number of nitrogens with one attached hydrogen (secondary N) is 2. The lowest BCUT2D eigenvalue weighted by atomic mass is 9.88. The van der Waals surface area contributed by atoms with Crippen molar-refractivity contribution < 1.29 is 0 Å². The molecule has 1 heterocycles. The molecule has 0 bridgehead atoms. The van der Waals surface area contributed by atoms with Crippen molar-refractivity contribution in [1.29, 1.82) is 0 Å². The Kier molecular flexibility index (Phi) is 5.79. The summed E-state index contributed by atoms with van der Waals surface area (Å²) in [6, 6.07) is 1.62. The number of rotatable bonds is 6. The molecule has 0 radical (unpaired) electrons. The van der Waals surface area contributed by atoms with E-state index in [4.69, 9.17) is 0 Å². The minimum atomic E-state index is 0.808. The summed E-state index contributed by atoms with van der Waals surface area (Å²) in [5.41, 5.74) is 0. The van der Waals surface area contributed by atoms with Crippen molar-refractivity contribution in [2.75, 3.05) is 13.1 Å². The molecule has 100 valence electrons. The smallest absolute Gasteiger partial charge is 0.0110 e. The maximum absolute atomic E-state index is 3.82. The molecule has 2 heteroatoms. The largest absolute Gasteiger partial charge is 0.314 e. The molecule has 2 aliphatic rings. The molecule has 3 unspecified atom stereocenters. The molecule has 0 amide bonds. The molecule has 17 heavy (non-hydrogen) atoms. The van der Waals surface area contributed by atoms with Crippen LogP contribution in [0.25, 0.3) is 0 Å². The van der Waals surface area contributed by atoms with E-state index in [0.717, 1.165) is 18.0 Å². The Morgan fingerprint density at radius 1 is 1.06 bits per heavy atom. The fourth-order valence-electron chi connectivity index (χ4n) is 3.63. The maximum atomic E-state index is 3.82. The summed E-state index contributed by atoms with van der Waals surface area (Å²) in [6.07, 6.45) is 12.6. The van der Waals surface area contributed by atoms with Crippen LogP contribution < -0.4 is 10.6 Å². The fraction of sp³-hybridized carbons (Fsp3) is 1.00. The monoisotopic (exact) mass is 238 g/mol. The van der Waals surface area contributed by atoms with Crippen molar-refractivity contribution in [3.63, 3.8) is 0 Å². The first-order chi connectivity index (χ1) is 8.42. The molecule has 1 aliphatic carbocycles. The van der Waals surface area contributed by atoms with E-state index in [2.05, 4.69) is 17.6 Å². The van der Waals surface area contributed by atoms with Crippen LogP contribution in [0.3, 0.4) is 0 Å². The number of hydrogen-bond donors (Lipinski definition) is 2. The van der Waals surface area contributed by atoms with E-state index in [0.29, 0.717) is 0 Å². The lowest BCUT2D eigenvalue weighted by Gasteiger charge is -2.33. The van der Waals surface area contributed by atoms with Gasteiger partial charge in [0.25, 0.3) is 0 Å². The summed E-state index contributed by atoms with van der Waals surface area (Å²) in [7, 11) is 0. The predicted molar refractivity (Wildman–Crippen MR) is 74.3 cm³/mol. The van der Waals surface area contributed by atoms with Gasteiger partial charge in [-0.25, -0.2) is 0 Å². The summed E-state index contributed by atoms with van der Waals surface area (Å²) >= 11 is 0. The molecule has 1 saturated heterocycles. The van der Waals surface area contributed by atoms with Crippen LogP contribution in [0.2, 0.25) is 0 Å². The second-order valence-corrected chi connectivity index (χ2v) is 5.92. The van der Waals surface area contributed by atoms with Gasteiger partial charge in [0.15, 0.2) is 0 Å². The maximum Gasteiger partial charge on any atom is 0.0110 e. The molecule has 2 fully saturated rings. The molecule has 0 aromatic rings. The Bertz CT molecular complexity index is 199. The fourth-order valence-corrected chi connectivity index (χ4v) is 3.63. The molecule has 2 N–H and O–H groups in total. The van der Waals surface area contributed by atoms with Crippen molar-refractivity contribution in [3.8, 4) is 0 Å². The molecular formula is C15H30N2. The van der Waals surface area contributed by atoms with Crippen LogP contribution in [0.5, 0.6) is 0 Å². The Hall–Kier alpha value is -0.0800. The van der Waals surface area contributed by atoms with Gasteiger partial charge in [0, 0.05) is 12.1 Å². The lowest BCUT2D eigenvalue weighted by molar-refractivity contribution is 0.257. The highest BCUT2D eigenvalue weighted by atomic mass is 15.0. The highest BCUT2D eigenvalue weighted by molar-refractivity contribution is 4.92. The van der Waals surface area contributed by atoms with Gasteiger partial charge in [-0.1, -0.05) is 32.6 Å². The second-order valence-electron chi connectivity index (χ2n) is 5.92. The van der Waals surface area contributed by atoms with Crippen LogP contribution in [0.1, 0.15) is 64.7 Å². The van der Waals surface area contributed by atoms with Crippen LogP contribution in [0, 0.1) is 5.92 Å². The highest BCUT2D eigenvalue weighted by Crippen LogP contribution is 2.31. The molecule has 0 aromatic heterocycles. The molecular weight excluding hydrogens is 208 g/mol. The van der Waals surface area contributed by atoms with Gasteiger partial charge in [0.05, 0.1) is 0 Å². The SMILES string of the molecule is CCCCCNC1CCCC1C1CCCCN1. The summed E-state index contributed by atoms with van der Waals surface area (Å²) in [4.78, 5) is 0. The highest BCUT2D eigenvalue weighted by Gasteiger charge is 2.33. The van der Waals surface area contributed by atoms with Crippen LogP contribution in [0.15, 0.2) is 0 Å². The summed E-state index contributed by atoms with van der Waals surface area (Å²) < 4.78 is 0. The van der Waals surface area contributed by atoms with Gasteiger partial charge in [0.1, 0.15) is 0 Å². The summed E-state index contributed by atoms with van der Waals surface area (Å²) in [5.74, 6) is 0.914. The minimum Gasteiger partial charge on any atom is -0.314 e. The van der Waals surface area contributed by atoms with Gasteiger partial charge in [-0.3, -0.25) is 0 Å². The zero-order valence-corrected chi connectivity index (χ0v) is 11.5. The quantitative estimate of drug-likeness (QED) is 0.695. The Balaban J connectivity index is 1.72. The van der Waals surface area contributed by atoms with Crippen molar-refractivity contribution in [2.24, 2.45) is 5.92 Å². The Morgan fingerprint density at radius 3 is 2.76 bits per heavy atom. The van der Waals surface area contributed by atoms with Crippen LogP contribution in [-0.4, -0.2) is 25.2 Å². The molecule has 1 aliphatic heterocycles. The number of unbranched alkanes of at least 4 members (excludes halogenated alkanes) is 2. The normalized spacial score (nSPS) is 34.1. The van der Waals surface area contributed by atoms with Gasteiger partial charge < -0.3 is 10.6 Å². The van der Waals surface area contributed by atoms with E-state index in [-0.39, 0.29) is 0 Å². The predicted octanol–water partition coefficient (Wildman–Crippen LogP) is 3.08. The average Bonchev–Trinajstić information content (AvgIpc) is 2.84. The van der Waals surface area contributed by atoms with Crippen molar-refractivity contribution in [1.82, 2.24) is 10.6 Å². The standard InChI is InChI=1S/C15H30N2/c1-2-3-5-11-16-15-10-7-8-13(15)14-9-4-6-12-17-14/h13-17H,2-12H2,1H3. The molecule has 3 atom stereocenters. The molecule has 2 rings (SSSR count). The van der Waals surface area contributed by atoms with Gasteiger partial charge in [-0.15, -0.1) is 0 Å². The number of piperidine rings is 1. The van der Waals surface area contributed by atoms with E-state index in [1.165, 1.54) is 70.9 Å². The molecule has 2 nitrogen and oxygen atoms in total. The van der Waals surface area contributed by atoms with Crippen LogP contribution >= 0.6 is 0 Å². The van der Waals surface area contributed by atoms with Crippen molar-refractivity contribution in [3.05, 3.63) is 0 Å². The van der Waals surface area contributed by atoms with E-state index in [1.54, 1.807) is 0 Å². The van der Waals surface area contributed by atoms with Gasteiger partial charge >= 0.3 is 0 Å². The van der Waals surface area contributed by atoms with Gasteiger partial charge in [0.2, 0.25) is 0 Å². The van der Waals surface area contributed by atoms with Crippen molar-refractivity contribution in [2.45, 2.75) is 76.8 Å². The first-order valence-electron chi connectivity index (χ1n) is 7.88. The summed E-state index contributed by atoms with van der Waals surface area (Å²) in [5, 5.41) is 7.58. The molecule has 0 spiro atoms. The third-order valence-corrected chi connectivity index (χ3v) is 4.62. The summed E-state index contributed by atoms with van der Waals surface area (Å²) in [6.45, 7) is 4.77. The molecule has 1 saturated carbocycles. The Labute approximate surface area is 107 Å². The van der Waals surface area contributed by atoms with Gasteiger partial charge in [-0.2, -0.15) is 0 Å². The zero-order chi connectivity index (χ0) is 11.9. The first-order valence-corrected chi connectivity index (χ1v) is 7.88. The van der Waals surface area contributed by atoms with Crippen molar-refractivity contribution >= 4 is 0 Å². The number of hydrogen-bond acceptors (Lipinski definition) is 2. The van der Waals surface area contributed by atoms with E-state index in [1.807, 2.05) is 0 Å². The van der Waals surface area contributed by atoms with E-state index in [9.17, 15) is 0 Å². The van der Waals surface area contributed by atoms with Crippen LogP contribution in [0.4, 0.5) is 0 Å². The third-order valence-electron chi connectivity index (χ3n) is 4.62. The third kappa shape index (κ3) is 3.96. The van der Waals surface area contributed by atoms with Gasteiger partial charge in [-0.05, 0) is 51.1 Å². The topological polar surface area (TPSA) is 24.1 Å². The van der Waals surface area contributed by atoms with E-state index < -0.39 is 0 Å². The molecule has 0 aromatic carbocycles. The minimum absolute atomic E-state index is 0.808. The lowest BCUT2D eigenvalue weighted by Crippen LogP contribution is -2.47. The Morgan fingerprint density at radius 2 is 2.00 bits per heavy atom. The average molecular weight is 238 g/mol. The zero-order valence-electron chi connectivity index (χ0n) is 11.5. The second kappa shape index (κ2) is 7.38. The first kappa shape index (κ1) is 13.4. The van der Waals surface area contributed by atoms with E-state index >= 15 is 0 Å². The van der Waals surface area contributed by atoms with Crippen LogP contribution in [-0.2, 0) is 0 Å².